The van der Waals surface area contributed by atoms with Crippen molar-refractivity contribution < 1.29 is 33.8 Å². The van der Waals surface area contributed by atoms with Crippen molar-refractivity contribution in [3.05, 3.63) is 59.7 Å². The Labute approximate surface area is 263 Å². The lowest BCUT2D eigenvalue weighted by atomic mass is 9.97. The van der Waals surface area contributed by atoms with Crippen molar-refractivity contribution in [2.24, 2.45) is 5.92 Å². The van der Waals surface area contributed by atoms with Gasteiger partial charge in [0.2, 0.25) is 23.6 Å². The fourth-order valence-corrected chi connectivity index (χ4v) is 6.04. The summed E-state index contributed by atoms with van der Waals surface area (Å²) in [6.07, 6.45) is 0.00199. The van der Waals surface area contributed by atoms with Crippen LogP contribution >= 0.6 is 0 Å². The summed E-state index contributed by atoms with van der Waals surface area (Å²) in [7, 11) is 0. The molecular formula is C33H43N5O7. The lowest BCUT2D eigenvalue weighted by molar-refractivity contribution is -0.143. The standard InChI is InChI=1S/C33H43N5O7/c1-3-21(2)30-33(43)38-19-24(39)17-26(38)32(42)35-25(15-22-7-5-4-6-8-22)31(41)34-11-12-37(20-29(40)36-30)18-23-9-10-27-28(16-23)45-14-13-44-27/h4-10,16,21,24-26,30,39H,3,11-15,17-20H2,1-2H3,(H,34,41)(H,35,42)(H,36,40)/t21-,24+,25-,26-,30-/m0/s1. The molecule has 0 spiro atoms. The summed E-state index contributed by atoms with van der Waals surface area (Å²) in [4.78, 5) is 57.8. The van der Waals surface area contributed by atoms with Crippen LogP contribution in [0.3, 0.4) is 0 Å². The number of nitrogens with one attached hydrogen (secondary N) is 3. The molecule has 0 bridgehead atoms. The van der Waals surface area contributed by atoms with Gasteiger partial charge in [0.25, 0.3) is 0 Å². The molecule has 2 aromatic rings. The molecule has 0 radical (unpaired) electrons. The van der Waals surface area contributed by atoms with Crippen molar-refractivity contribution in [3.63, 3.8) is 0 Å². The highest BCUT2D eigenvalue weighted by Gasteiger charge is 2.43. The Kier molecular flexibility index (Phi) is 10.6. The minimum absolute atomic E-state index is 0.0266. The first-order valence-corrected chi connectivity index (χ1v) is 15.7. The van der Waals surface area contributed by atoms with E-state index in [4.69, 9.17) is 9.47 Å². The van der Waals surface area contributed by atoms with E-state index < -0.39 is 36.0 Å². The van der Waals surface area contributed by atoms with Crippen molar-refractivity contribution in [1.82, 2.24) is 25.8 Å². The Morgan fingerprint density at radius 1 is 0.956 bits per heavy atom. The van der Waals surface area contributed by atoms with Crippen molar-refractivity contribution in [2.75, 3.05) is 39.4 Å². The molecule has 12 nitrogen and oxygen atoms in total. The Bertz CT molecular complexity index is 1370. The SMILES string of the molecule is CC[C@H](C)[C@@H]1NC(=O)CN(Cc2ccc3c(c2)OCCO3)CCNC(=O)[C@H](Cc2ccccc2)NC(=O)[C@@H]2C[C@@H](O)CN2C1=O. The number of benzene rings is 2. The molecule has 4 N–H and O–H groups in total. The molecule has 3 heterocycles. The van der Waals surface area contributed by atoms with Gasteiger partial charge in [-0.2, -0.15) is 0 Å². The average Bonchev–Trinajstić information content (AvgIpc) is 3.44. The summed E-state index contributed by atoms with van der Waals surface area (Å²) in [5.74, 6) is -0.585. The summed E-state index contributed by atoms with van der Waals surface area (Å²) < 4.78 is 11.4. The van der Waals surface area contributed by atoms with Crippen molar-refractivity contribution >= 4 is 23.6 Å². The maximum absolute atomic E-state index is 13.9. The van der Waals surface area contributed by atoms with Gasteiger partial charge in [-0.1, -0.05) is 56.7 Å². The van der Waals surface area contributed by atoms with Crippen LogP contribution in [0.4, 0.5) is 0 Å². The van der Waals surface area contributed by atoms with E-state index in [2.05, 4.69) is 16.0 Å². The van der Waals surface area contributed by atoms with Gasteiger partial charge in [-0.25, -0.2) is 0 Å². The summed E-state index contributed by atoms with van der Waals surface area (Å²) >= 11 is 0. The topological polar surface area (TPSA) is 150 Å². The summed E-state index contributed by atoms with van der Waals surface area (Å²) in [6.45, 7) is 5.63. The van der Waals surface area contributed by atoms with Gasteiger partial charge in [0.15, 0.2) is 11.5 Å². The molecule has 0 unspecified atom stereocenters. The van der Waals surface area contributed by atoms with Crippen molar-refractivity contribution in [2.45, 2.75) is 63.9 Å². The van der Waals surface area contributed by atoms with Crippen LogP contribution in [0.1, 0.15) is 37.8 Å². The Hall–Kier alpha value is -4.16. The second-order valence-corrected chi connectivity index (χ2v) is 12.1. The van der Waals surface area contributed by atoms with Gasteiger partial charge < -0.3 is 35.4 Å². The number of fused-ring (bicyclic) bond motifs is 2. The quantitative estimate of drug-likeness (QED) is 0.367. The van der Waals surface area contributed by atoms with Gasteiger partial charge in [-0.15, -0.1) is 0 Å². The predicted molar refractivity (Wildman–Crippen MR) is 165 cm³/mol. The Morgan fingerprint density at radius 3 is 2.47 bits per heavy atom. The first-order valence-electron chi connectivity index (χ1n) is 15.7. The summed E-state index contributed by atoms with van der Waals surface area (Å²) in [5.41, 5.74) is 1.76. The molecule has 3 aliphatic heterocycles. The normalized spacial score (nSPS) is 25.7. The zero-order valence-corrected chi connectivity index (χ0v) is 25.9. The van der Waals surface area contributed by atoms with Crippen LogP contribution < -0.4 is 25.4 Å². The van der Waals surface area contributed by atoms with Gasteiger partial charge >= 0.3 is 0 Å². The molecule has 45 heavy (non-hydrogen) atoms. The number of amides is 4. The second-order valence-electron chi connectivity index (χ2n) is 12.1. The lowest BCUT2D eigenvalue weighted by Gasteiger charge is -2.32. The van der Waals surface area contributed by atoms with Crippen LogP contribution in [0.5, 0.6) is 11.5 Å². The van der Waals surface area contributed by atoms with Gasteiger partial charge in [0.05, 0.1) is 12.6 Å². The third kappa shape index (κ3) is 8.12. The Morgan fingerprint density at radius 2 is 1.71 bits per heavy atom. The molecule has 3 aliphatic rings. The van der Waals surface area contributed by atoms with E-state index in [0.717, 1.165) is 11.1 Å². The smallest absolute Gasteiger partial charge is 0.246 e. The van der Waals surface area contributed by atoms with Gasteiger partial charge in [-0.3, -0.25) is 24.1 Å². The van der Waals surface area contributed by atoms with Gasteiger partial charge in [0, 0.05) is 39.0 Å². The van der Waals surface area contributed by atoms with Crippen LogP contribution in [0.2, 0.25) is 0 Å². The maximum Gasteiger partial charge on any atom is 0.246 e. The largest absolute Gasteiger partial charge is 0.486 e. The highest BCUT2D eigenvalue weighted by atomic mass is 16.6. The fraction of sp³-hybridized carbons (Fsp3) is 0.515. The third-order valence-electron chi connectivity index (χ3n) is 8.68. The van der Waals surface area contributed by atoms with E-state index >= 15 is 0 Å². The van der Waals surface area contributed by atoms with Crippen LogP contribution in [0.15, 0.2) is 48.5 Å². The Balaban J connectivity index is 1.42. The van der Waals surface area contributed by atoms with E-state index in [1.54, 1.807) is 0 Å². The first kappa shape index (κ1) is 32.2. The fourth-order valence-electron chi connectivity index (χ4n) is 6.04. The van der Waals surface area contributed by atoms with Crippen LogP contribution in [0.25, 0.3) is 0 Å². The summed E-state index contributed by atoms with van der Waals surface area (Å²) in [6, 6.07) is 12.2. The first-order chi connectivity index (χ1) is 21.7. The van der Waals surface area contributed by atoms with Gasteiger partial charge in [-0.05, 0) is 29.2 Å². The minimum atomic E-state index is -0.973. The molecule has 0 aromatic heterocycles. The number of hydrogen-bond donors (Lipinski definition) is 4. The molecule has 2 fully saturated rings. The molecule has 5 rings (SSSR count). The van der Waals surface area contributed by atoms with Crippen LogP contribution in [-0.2, 0) is 32.1 Å². The van der Waals surface area contributed by atoms with E-state index in [0.29, 0.717) is 44.2 Å². The number of carbonyl (C=O) groups is 4. The van der Waals surface area contributed by atoms with E-state index in [9.17, 15) is 24.3 Å². The predicted octanol–water partition coefficient (Wildman–Crippen LogP) is 0.610. The zero-order valence-electron chi connectivity index (χ0n) is 25.9. The third-order valence-corrected chi connectivity index (χ3v) is 8.68. The molecular weight excluding hydrogens is 578 g/mol. The number of hydrogen-bond acceptors (Lipinski definition) is 8. The molecule has 242 valence electrons. The van der Waals surface area contributed by atoms with Crippen molar-refractivity contribution in [1.29, 1.82) is 0 Å². The lowest BCUT2D eigenvalue weighted by Crippen LogP contribution is -2.58. The molecule has 2 saturated heterocycles. The second kappa shape index (κ2) is 14.7. The zero-order chi connectivity index (χ0) is 31.9. The molecule has 12 heteroatoms. The maximum atomic E-state index is 13.9. The number of nitrogens with zero attached hydrogens (tertiary/aromatic N) is 2. The molecule has 0 saturated carbocycles. The van der Waals surface area contributed by atoms with E-state index in [-0.39, 0.29) is 50.2 Å². The molecule has 4 amide bonds. The number of ether oxygens (including phenoxy) is 2. The summed E-state index contributed by atoms with van der Waals surface area (Å²) in [5, 5.41) is 19.3. The average molecular weight is 622 g/mol. The molecule has 2 aromatic carbocycles. The highest BCUT2D eigenvalue weighted by Crippen LogP contribution is 2.31. The monoisotopic (exact) mass is 621 g/mol. The number of carbonyl (C=O) groups excluding carboxylic acids is 4. The van der Waals surface area contributed by atoms with Gasteiger partial charge in [0.1, 0.15) is 31.3 Å². The van der Waals surface area contributed by atoms with Crippen LogP contribution in [0, 0.1) is 5.92 Å². The van der Waals surface area contributed by atoms with Crippen LogP contribution in [-0.4, -0.2) is 102 Å². The highest BCUT2D eigenvalue weighted by molar-refractivity contribution is 5.95. The number of aliphatic hydroxyl groups is 1. The van der Waals surface area contributed by atoms with Crippen molar-refractivity contribution in [3.8, 4) is 11.5 Å². The number of rotatable bonds is 6. The molecule has 0 aliphatic carbocycles. The van der Waals surface area contributed by atoms with E-state index in [1.165, 1.54) is 4.90 Å². The van der Waals surface area contributed by atoms with E-state index in [1.807, 2.05) is 67.3 Å². The minimum Gasteiger partial charge on any atom is -0.486 e. The number of aliphatic hydroxyl groups excluding tert-OH is 1. The molecule has 5 atom stereocenters.